The van der Waals surface area contributed by atoms with Crippen LogP contribution in [0.15, 0.2) is 65.5 Å². The van der Waals surface area contributed by atoms with E-state index in [1.54, 1.807) is 0 Å². The number of allylic oxidation sites excluding steroid dienone is 3. The summed E-state index contributed by atoms with van der Waals surface area (Å²) in [5.74, 6) is 0.672. The molecular weight excluding hydrogens is 344 g/mol. The Bertz CT molecular complexity index is 1050. The Morgan fingerprint density at radius 1 is 1.32 bits per heavy atom. The number of fused-ring (bicyclic) bond motifs is 3. The van der Waals surface area contributed by atoms with Crippen LogP contribution in [0.4, 0.5) is 0 Å². The van der Waals surface area contributed by atoms with E-state index in [-0.39, 0.29) is 11.3 Å². The maximum absolute atomic E-state index is 13.1. The fourth-order valence-corrected chi connectivity index (χ4v) is 5.59. The van der Waals surface area contributed by atoms with Crippen molar-refractivity contribution in [2.45, 2.75) is 46.0 Å². The topological polar surface area (TPSA) is 36.1 Å². The molecule has 0 radical (unpaired) electrons. The summed E-state index contributed by atoms with van der Waals surface area (Å²) in [5.41, 5.74) is 7.32. The summed E-state index contributed by atoms with van der Waals surface area (Å²) in [5, 5.41) is 1.26. The van der Waals surface area contributed by atoms with Crippen molar-refractivity contribution in [3.63, 3.8) is 0 Å². The number of benzene rings is 1. The first-order valence-electron chi connectivity index (χ1n) is 10.5. The van der Waals surface area contributed by atoms with E-state index >= 15 is 0 Å². The lowest BCUT2D eigenvalue weighted by Crippen LogP contribution is -2.37. The highest BCUT2D eigenvalue weighted by Gasteiger charge is 2.45. The normalized spacial score (nSPS) is 27.3. The molecule has 0 unspecified atom stereocenters. The van der Waals surface area contributed by atoms with Gasteiger partial charge in [0.25, 0.3) is 5.91 Å². The van der Waals surface area contributed by atoms with Gasteiger partial charge in [-0.1, -0.05) is 43.4 Å². The van der Waals surface area contributed by atoms with Crippen LogP contribution in [-0.2, 0) is 11.2 Å². The van der Waals surface area contributed by atoms with Crippen LogP contribution in [0.25, 0.3) is 10.9 Å². The second-order valence-corrected chi connectivity index (χ2v) is 8.97. The molecule has 3 aliphatic rings. The van der Waals surface area contributed by atoms with Gasteiger partial charge in [-0.3, -0.25) is 4.79 Å². The predicted octanol–water partition coefficient (Wildman–Crippen LogP) is 5.52. The van der Waals surface area contributed by atoms with Crippen LogP contribution < -0.4 is 0 Å². The van der Waals surface area contributed by atoms with E-state index in [1.807, 2.05) is 17.9 Å². The third kappa shape index (κ3) is 2.52. The van der Waals surface area contributed by atoms with Crippen molar-refractivity contribution in [2.24, 2.45) is 11.3 Å². The molecule has 0 saturated heterocycles. The minimum absolute atomic E-state index is 0.137. The second kappa shape index (κ2) is 6.23. The molecule has 2 atom stereocenters. The highest BCUT2D eigenvalue weighted by molar-refractivity contribution is 6.00. The molecule has 0 spiro atoms. The van der Waals surface area contributed by atoms with Crippen molar-refractivity contribution in [1.82, 2.24) is 9.88 Å². The minimum Gasteiger partial charge on any atom is -0.361 e. The average Bonchev–Trinajstić information content (AvgIpc) is 3.19. The van der Waals surface area contributed by atoms with Gasteiger partial charge in [-0.2, -0.15) is 0 Å². The molecule has 1 aromatic heterocycles. The predicted molar refractivity (Wildman–Crippen MR) is 114 cm³/mol. The van der Waals surface area contributed by atoms with E-state index in [1.165, 1.54) is 40.6 Å². The summed E-state index contributed by atoms with van der Waals surface area (Å²) < 4.78 is 0. The van der Waals surface area contributed by atoms with Crippen molar-refractivity contribution >= 4 is 16.8 Å². The monoisotopic (exact) mass is 372 g/mol. The zero-order chi connectivity index (χ0) is 19.5. The fourth-order valence-electron chi connectivity index (χ4n) is 5.59. The molecule has 0 bridgehead atoms. The number of nitrogens with one attached hydrogen (secondary N) is 1. The quantitative estimate of drug-likeness (QED) is 0.708. The summed E-state index contributed by atoms with van der Waals surface area (Å²) in [6.45, 7) is 9.47. The summed E-state index contributed by atoms with van der Waals surface area (Å²) in [4.78, 5) is 18.5. The summed E-state index contributed by atoms with van der Waals surface area (Å²) in [6, 6.07) is 8.38. The summed E-state index contributed by atoms with van der Waals surface area (Å²) >= 11 is 0. The molecule has 1 fully saturated rings. The first kappa shape index (κ1) is 17.5. The Hall–Kier alpha value is -2.55. The lowest BCUT2D eigenvalue weighted by molar-refractivity contribution is -0.124. The highest BCUT2D eigenvalue weighted by Crippen LogP contribution is 2.54. The molecular formula is C25H28N2O. The zero-order valence-corrected chi connectivity index (χ0v) is 16.8. The van der Waals surface area contributed by atoms with E-state index in [4.69, 9.17) is 0 Å². The van der Waals surface area contributed by atoms with Gasteiger partial charge in [0, 0.05) is 34.9 Å². The Morgan fingerprint density at radius 2 is 2.14 bits per heavy atom. The van der Waals surface area contributed by atoms with Gasteiger partial charge in [-0.25, -0.2) is 0 Å². The number of rotatable bonds is 3. The Labute approximate surface area is 166 Å². The molecule has 5 rings (SSSR count). The van der Waals surface area contributed by atoms with E-state index in [2.05, 4.69) is 49.0 Å². The van der Waals surface area contributed by atoms with Gasteiger partial charge >= 0.3 is 0 Å². The molecule has 28 heavy (non-hydrogen) atoms. The molecule has 3 heteroatoms. The lowest BCUT2D eigenvalue weighted by atomic mass is 9.60. The third-order valence-electron chi connectivity index (χ3n) is 7.28. The van der Waals surface area contributed by atoms with E-state index in [0.29, 0.717) is 5.92 Å². The van der Waals surface area contributed by atoms with Crippen LogP contribution in [0, 0.1) is 11.3 Å². The Balaban J connectivity index is 1.45. The Kier molecular flexibility index (Phi) is 3.90. The molecule has 3 nitrogen and oxygen atoms in total. The molecule has 1 amide bonds. The van der Waals surface area contributed by atoms with Crippen LogP contribution in [-0.4, -0.2) is 22.3 Å². The Morgan fingerprint density at radius 3 is 3.00 bits per heavy atom. The van der Waals surface area contributed by atoms with Gasteiger partial charge in [0.2, 0.25) is 0 Å². The molecule has 2 heterocycles. The van der Waals surface area contributed by atoms with Crippen LogP contribution in [0.5, 0.6) is 0 Å². The smallest absolute Gasteiger partial charge is 0.254 e. The van der Waals surface area contributed by atoms with Gasteiger partial charge in [-0.05, 0) is 67.6 Å². The number of nitrogens with zero attached hydrogens (tertiary/aromatic N) is 1. The minimum atomic E-state index is 0.137. The zero-order valence-electron chi connectivity index (χ0n) is 16.8. The first-order valence-corrected chi connectivity index (χ1v) is 10.5. The molecule has 1 aromatic carbocycles. The number of hydrogen-bond donors (Lipinski definition) is 1. The molecule has 2 aliphatic carbocycles. The molecule has 2 aromatic rings. The number of aromatic amines is 1. The summed E-state index contributed by atoms with van der Waals surface area (Å²) in [6.07, 6.45) is 9.86. The SMILES string of the molecule is C=C1CCC[C@@]2(C)C=C3C(=C(C)C(=O)N3CCc3c[nH]c4ccccc34)C[C@H]12. The summed E-state index contributed by atoms with van der Waals surface area (Å²) in [7, 11) is 0. The number of H-pyrrole nitrogens is 1. The van der Waals surface area contributed by atoms with Crippen molar-refractivity contribution in [3.8, 4) is 0 Å². The number of para-hydroxylation sites is 1. The standard InChI is InChI=1S/C25H28N2O/c1-16-7-6-11-25(3)14-23-20(13-21(16)25)17(2)24(28)27(23)12-10-18-15-26-22-9-5-4-8-19(18)22/h4-5,8-9,14-15,21,26H,1,6-7,10-13H2,2-3H3/t21-,25+/m1/s1. The number of hydrogen-bond acceptors (Lipinski definition) is 1. The van der Waals surface area contributed by atoms with Gasteiger partial charge in [0.15, 0.2) is 0 Å². The number of amides is 1. The van der Waals surface area contributed by atoms with Crippen LogP contribution in [0.2, 0.25) is 0 Å². The van der Waals surface area contributed by atoms with E-state index < -0.39 is 0 Å². The number of aromatic nitrogens is 1. The van der Waals surface area contributed by atoms with Gasteiger partial charge in [0.1, 0.15) is 0 Å². The van der Waals surface area contributed by atoms with E-state index in [0.717, 1.165) is 36.9 Å². The molecule has 1 aliphatic heterocycles. The van der Waals surface area contributed by atoms with Crippen molar-refractivity contribution in [1.29, 1.82) is 0 Å². The lowest BCUT2D eigenvalue weighted by Gasteiger charge is -2.45. The van der Waals surface area contributed by atoms with E-state index in [9.17, 15) is 4.79 Å². The van der Waals surface area contributed by atoms with Crippen LogP contribution >= 0.6 is 0 Å². The first-order chi connectivity index (χ1) is 13.5. The highest BCUT2D eigenvalue weighted by atomic mass is 16.2. The van der Waals surface area contributed by atoms with Gasteiger partial charge in [0.05, 0.1) is 0 Å². The largest absolute Gasteiger partial charge is 0.361 e. The number of carbonyl (C=O) groups excluding carboxylic acids is 1. The van der Waals surface area contributed by atoms with Gasteiger partial charge < -0.3 is 9.88 Å². The van der Waals surface area contributed by atoms with Gasteiger partial charge in [-0.15, -0.1) is 0 Å². The van der Waals surface area contributed by atoms with Crippen molar-refractivity contribution < 1.29 is 4.79 Å². The fraction of sp³-hybridized carbons (Fsp3) is 0.400. The molecule has 144 valence electrons. The maximum Gasteiger partial charge on any atom is 0.254 e. The van der Waals surface area contributed by atoms with Crippen LogP contribution in [0.3, 0.4) is 0 Å². The van der Waals surface area contributed by atoms with Crippen molar-refractivity contribution in [3.05, 3.63) is 71.1 Å². The number of carbonyl (C=O) groups is 1. The van der Waals surface area contributed by atoms with Crippen LogP contribution in [0.1, 0.15) is 45.1 Å². The second-order valence-electron chi connectivity index (χ2n) is 8.97. The molecule has 1 saturated carbocycles. The van der Waals surface area contributed by atoms with Crippen molar-refractivity contribution in [2.75, 3.05) is 6.54 Å². The average molecular weight is 373 g/mol. The molecule has 1 N–H and O–H groups in total. The maximum atomic E-state index is 13.1. The third-order valence-corrected chi connectivity index (χ3v) is 7.28.